The monoisotopic (exact) mass is 292 g/mol. The van der Waals surface area contributed by atoms with Gasteiger partial charge in [-0.05, 0) is 45.1 Å². The topological polar surface area (TPSA) is 42.3 Å². The third-order valence-corrected chi connectivity index (χ3v) is 4.82. The van der Waals surface area contributed by atoms with Crippen LogP contribution in [0.15, 0.2) is 6.20 Å². The number of nitrogens with one attached hydrogen (secondary N) is 1. The van der Waals surface area contributed by atoms with Crippen LogP contribution in [0.1, 0.15) is 31.4 Å². The van der Waals surface area contributed by atoms with Crippen molar-refractivity contribution >= 4 is 5.95 Å². The Morgan fingerprint density at radius 1 is 1.38 bits per heavy atom. The van der Waals surface area contributed by atoms with E-state index < -0.39 is 0 Å². The number of hydrogen-bond donors (Lipinski definition) is 1. The Kier molecular flexibility index (Phi) is 4.80. The fourth-order valence-electron chi connectivity index (χ4n) is 3.77. The van der Waals surface area contributed by atoms with Gasteiger partial charge in [0, 0.05) is 39.0 Å². The zero-order chi connectivity index (χ0) is 14.7. The fourth-order valence-corrected chi connectivity index (χ4v) is 3.77. The number of piperidine rings is 1. The molecule has 2 atom stereocenters. The molecule has 0 bridgehead atoms. The van der Waals surface area contributed by atoms with E-state index in [1.807, 2.05) is 0 Å². The molecule has 0 spiro atoms. The molecular weight excluding hydrogens is 264 g/mol. The Morgan fingerprint density at radius 3 is 3.05 bits per heavy atom. The molecule has 0 aliphatic carbocycles. The molecule has 2 aliphatic rings. The first-order valence-corrected chi connectivity index (χ1v) is 8.29. The van der Waals surface area contributed by atoms with Crippen molar-refractivity contribution in [2.45, 2.75) is 45.2 Å². The molecule has 3 rings (SSSR count). The molecule has 21 heavy (non-hydrogen) atoms. The number of methoxy groups -OCH3 is 1. The van der Waals surface area contributed by atoms with Gasteiger partial charge in [0.25, 0.3) is 0 Å². The van der Waals surface area contributed by atoms with Gasteiger partial charge in [0.2, 0.25) is 5.95 Å². The molecular formula is C16H28N4O. The van der Waals surface area contributed by atoms with Gasteiger partial charge in [-0.2, -0.15) is 0 Å². The van der Waals surface area contributed by atoms with Gasteiger partial charge in [-0.15, -0.1) is 0 Å². The summed E-state index contributed by atoms with van der Waals surface area (Å²) in [5.74, 6) is 1.90. The van der Waals surface area contributed by atoms with Crippen molar-refractivity contribution < 1.29 is 4.74 Å². The average molecular weight is 292 g/mol. The largest absolute Gasteiger partial charge is 0.383 e. The van der Waals surface area contributed by atoms with Gasteiger partial charge in [0.1, 0.15) is 0 Å². The van der Waals surface area contributed by atoms with Crippen LogP contribution in [0, 0.1) is 12.8 Å². The van der Waals surface area contributed by atoms with E-state index in [0.717, 1.165) is 49.8 Å². The molecule has 2 saturated heterocycles. The van der Waals surface area contributed by atoms with E-state index in [2.05, 4.69) is 27.9 Å². The Morgan fingerprint density at radius 2 is 2.29 bits per heavy atom. The summed E-state index contributed by atoms with van der Waals surface area (Å²) in [6, 6.07) is 0.719. The zero-order valence-electron chi connectivity index (χ0n) is 13.3. The number of anilines is 1. The van der Waals surface area contributed by atoms with Gasteiger partial charge in [-0.1, -0.05) is 0 Å². The van der Waals surface area contributed by atoms with Crippen LogP contribution in [0.5, 0.6) is 0 Å². The van der Waals surface area contributed by atoms with E-state index in [0.29, 0.717) is 0 Å². The van der Waals surface area contributed by atoms with Crippen molar-refractivity contribution in [3.8, 4) is 0 Å². The zero-order valence-corrected chi connectivity index (χ0v) is 13.3. The predicted molar refractivity (Wildman–Crippen MR) is 84.8 cm³/mol. The smallest absolute Gasteiger partial charge is 0.205 e. The van der Waals surface area contributed by atoms with E-state index in [1.54, 1.807) is 7.11 Å². The highest BCUT2D eigenvalue weighted by molar-refractivity contribution is 5.34. The molecule has 1 aromatic rings. The van der Waals surface area contributed by atoms with E-state index in [1.165, 1.54) is 32.2 Å². The molecule has 0 amide bonds. The molecule has 1 aromatic heterocycles. The van der Waals surface area contributed by atoms with Gasteiger partial charge >= 0.3 is 0 Å². The number of hydrogen-bond acceptors (Lipinski definition) is 4. The molecule has 0 saturated carbocycles. The summed E-state index contributed by atoms with van der Waals surface area (Å²) in [6.45, 7) is 7.17. The number of imidazole rings is 1. The van der Waals surface area contributed by atoms with Crippen molar-refractivity contribution in [1.82, 2.24) is 14.9 Å². The van der Waals surface area contributed by atoms with Gasteiger partial charge in [0.05, 0.1) is 12.3 Å². The van der Waals surface area contributed by atoms with Crippen molar-refractivity contribution in [3.63, 3.8) is 0 Å². The predicted octanol–water partition coefficient (Wildman–Crippen LogP) is 1.81. The standard InChI is InChI=1S/C16H28N4O/c1-13-11-20(9-10-21-2)16(18-13)19-8-4-5-14(12-19)15-6-3-7-17-15/h11,14-15,17H,3-10,12H2,1-2H3. The highest BCUT2D eigenvalue weighted by Crippen LogP contribution is 2.27. The van der Waals surface area contributed by atoms with Gasteiger partial charge in [-0.25, -0.2) is 4.98 Å². The average Bonchev–Trinajstić information content (AvgIpc) is 3.14. The van der Waals surface area contributed by atoms with Crippen LogP contribution in [0.2, 0.25) is 0 Å². The molecule has 2 unspecified atom stereocenters. The van der Waals surface area contributed by atoms with Gasteiger partial charge in [-0.3, -0.25) is 0 Å². The first kappa shape index (κ1) is 14.9. The minimum absolute atomic E-state index is 0.719. The summed E-state index contributed by atoms with van der Waals surface area (Å²) in [6.07, 6.45) is 7.45. The van der Waals surface area contributed by atoms with E-state index in [4.69, 9.17) is 9.72 Å². The highest BCUT2D eigenvalue weighted by atomic mass is 16.5. The lowest BCUT2D eigenvalue weighted by Crippen LogP contribution is -2.44. The maximum atomic E-state index is 5.22. The lowest BCUT2D eigenvalue weighted by atomic mass is 9.90. The van der Waals surface area contributed by atoms with Crippen molar-refractivity contribution in [2.24, 2.45) is 5.92 Å². The van der Waals surface area contributed by atoms with Gasteiger partial charge in [0.15, 0.2) is 0 Å². The summed E-state index contributed by atoms with van der Waals surface area (Å²) < 4.78 is 7.48. The molecule has 3 heterocycles. The second-order valence-corrected chi connectivity index (χ2v) is 6.42. The van der Waals surface area contributed by atoms with Crippen molar-refractivity contribution in [1.29, 1.82) is 0 Å². The number of rotatable bonds is 5. The normalized spacial score (nSPS) is 26.5. The minimum Gasteiger partial charge on any atom is -0.383 e. The summed E-state index contributed by atoms with van der Waals surface area (Å²) in [5.41, 5.74) is 1.10. The Bertz CT molecular complexity index is 453. The minimum atomic E-state index is 0.719. The van der Waals surface area contributed by atoms with E-state index in [-0.39, 0.29) is 0 Å². The van der Waals surface area contributed by atoms with Crippen LogP contribution >= 0.6 is 0 Å². The molecule has 118 valence electrons. The van der Waals surface area contributed by atoms with Crippen LogP contribution in [0.25, 0.3) is 0 Å². The Hall–Kier alpha value is -1.07. The van der Waals surface area contributed by atoms with Crippen LogP contribution < -0.4 is 10.2 Å². The van der Waals surface area contributed by atoms with Crippen LogP contribution in [-0.2, 0) is 11.3 Å². The van der Waals surface area contributed by atoms with Crippen LogP contribution in [0.4, 0.5) is 5.95 Å². The van der Waals surface area contributed by atoms with Crippen molar-refractivity contribution in [2.75, 3.05) is 38.3 Å². The SMILES string of the molecule is COCCn1cc(C)nc1N1CCCC(C2CCCN2)C1. The van der Waals surface area contributed by atoms with E-state index >= 15 is 0 Å². The fraction of sp³-hybridized carbons (Fsp3) is 0.812. The second-order valence-electron chi connectivity index (χ2n) is 6.42. The maximum absolute atomic E-state index is 5.22. The van der Waals surface area contributed by atoms with Crippen LogP contribution in [0.3, 0.4) is 0 Å². The third-order valence-electron chi connectivity index (χ3n) is 4.82. The summed E-state index contributed by atoms with van der Waals surface area (Å²) in [5, 5.41) is 3.68. The van der Waals surface area contributed by atoms with Gasteiger partial charge < -0.3 is 19.5 Å². The van der Waals surface area contributed by atoms with Crippen LogP contribution in [-0.4, -0.2) is 48.9 Å². The number of ether oxygens (including phenoxy) is 1. The summed E-state index contributed by atoms with van der Waals surface area (Å²) in [7, 11) is 1.76. The quantitative estimate of drug-likeness (QED) is 0.899. The van der Waals surface area contributed by atoms with Crippen molar-refractivity contribution in [3.05, 3.63) is 11.9 Å². The lowest BCUT2D eigenvalue weighted by molar-refractivity contribution is 0.187. The lowest BCUT2D eigenvalue weighted by Gasteiger charge is -2.36. The molecule has 2 aliphatic heterocycles. The first-order chi connectivity index (χ1) is 10.3. The Labute approximate surface area is 127 Å². The molecule has 2 fully saturated rings. The highest BCUT2D eigenvalue weighted by Gasteiger charge is 2.30. The van der Waals surface area contributed by atoms with E-state index in [9.17, 15) is 0 Å². The molecule has 0 aromatic carbocycles. The molecule has 5 heteroatoms. The molecule has 0 radical (unpaired) electrons. The molecule has 5 nitrogen and oxygen atoms in total. The number of aryl methyl sites for hydroxylation is 1. The third kappa shape index (κ3) is 3.40. The number of aromatic nitrogens is 2. The Balaban J connectivity index is 1.70. The second kappa shape index (κ2) is 6.79. The maximum Gasteiger partial charge on any atom is 0.205 e. The molecule has 1 N–H and O–H groups in total. The number of nitrogens with zero attached hydrogens (tertiary/aromatic N) is 3. The first-order valence-electron chi connectivity index (χ1n) is 8.29. The summed E-state index contributed by atoms with van der Waals surface area (Å²) in [4.78, 5) is 7.24. The summed E-state index contributed by atoms with van der Waals surface area (Å²) >= 11 is 0.